The van der Waals surface area contributed by atoms with Crippen LogP contribution in [0.1, 0.15) is 52.1 Å². The number of hydrogen-bond acceptors (Lipinski definition) is 7. The number of carboxylic acids is 1. The Morgan fingerprint density at radius 1 is 1.09 bits per heavy atom. The summed E-state index contributed by atoms with van der Waals surface area (Å²) in [6, 6.07) is 8.79. The number of Topliss-reactive ketones (excluding diaryl/α,β-unsaturated/α-hetero) is 1. The number of nitrogens with one attached hydrogen (secondary N) is 1. The summed E-state index contributed by atoms with van der Waals surface area (Å²) in [6.07, 6.45) is 2.32. The Kier molecular flexibility index (Phi) is 7.78. The van der Waals surface area contributed by atoms with E-state index >= 15 is 0 Å². The molecule has 0 atom stereocenters. The molecule has 43 heavy (non-hydrogen) atoms. The molecule has 4 N–H and O–H groups in total. The lowest BCUT2D eigenvalue weighted by Gasteiger charge is -2.21. The fraction of sp³-hybridized carbons (Fsp3) is 0.310. The Labute approximate surface area is 242 Å². The van der Waals surface area contributed by atoms with Crippen LogP contribution in [0, 0.1) is 5.92 Å². The van der Waals surface area contributed by atoms with E-state index in [4.69, 9.17) is 15.6 Å². The first-order valence-electron chi connectivity index (χ1n) is 13.4. The molecule has 2 aliphatic carbocycles. The highest BCUT2D eigenvalue weighted by Crippen LogP contribution is 2.33. The topological polar surface area (TPSA) is 162 Å². The number of aryl methyl sites for hydroxylation is 1. The normalized spacial score (nSPS) is 14.6. The van der Waals surface area contributed by atoms with Gasteiger partial charge in [0.1, 0.15) is 23.4 Å². The van der Waals surface area contributed by atoms with Crippen LogP contribution in [0.3, 0.4) is 0 Å². The van der Waals surface area contributed by atoms with E-state index in [2.05, 4.69) is 15.3 Å². The van der Waals surface area contributed by atoms with Gasteiger partial charge in [0, 0.05) is 48.7 Å². The number of aliphatic carboxylic acids is 1. The maximum atomic E-state index is 13.3. The first-order valence-corrected chi connectivity index (χ1v) is 13.4. The fourth-order valence-electron chi connectivity index (χ4n) is 5.06. The number of ketones is 1. The number of nitrogens with zero attached hydrogens (tertiary/aromatic N) is 4. The number of carboxylic acid groups (broad SMARTS) is 1. The number of benzene rings is 1. The number of fused-ring (bicyclic) bond motifs is 2. The van der Waals surface area contributed by atoms with Gasteiger partial charge in [0.25, 0.3) is 11.5 Å². The Bertz CT molecular complexity index is 1810. The number of carbonyl (C=O) groups is 3. The predicted molar refractivity (Wildman–Crippen MR) is 151 cm³/mol. The summed E-state index contributed by atoms with van der Waals surface area (Å²) in [7, 11) is 1.90. The van der Waals surface area contributed by atoms with Crippen LogP contribution < -0.4 is 16.6 Å². The van der Waals surface area contributed by atoms with E-state index < -0.39 is 18.1 Å². The van der Waals surface area contributed by atoms with E-state index in [-0.39, 0.29) is 16.9 Å². The van der Waals surface area contributed by atoms with Crippen molar-refractivity contribution in [1.82, 2.24) is 19.1 Å². The Morgan fingerprint density at radius 3 is 2.40 bits per heavy atom. The van der Waals surface area contributed by atoms with Crippen molar-refractivity contribution in [2.75, 3.05) is 11.1 Å². The van der Waals surface area contributed by atoms with Gasteiger partial charge in [0.05, 0.1) is 5.39 Å². The minimum atomic E-state index is -5.08. The first kappa shape index (κ1) is 29.5. The molecule has 0 spiro atoms. The molecule has 0 bridgehead atoms. The second kappa shape index (κ2) is 11.3. The van der Waals surface area contributed by atoms with E-state index in [0.717, 1.165) is 47.1 Å². The minimum Gasteiger partial charge on any atom is -0.475 e. The summed E-state index contributed by atoms with van der Waals surface area (Å²) in [6.45, 7) is 0.572. The van der Waals surface area contributed by atoms with Gasteiger partial charge in [-0.3, -0.25) is 14.4 Å². The number of alkyl halides is 3. The van der Waals surface area contributed by atoms with Gasteiger partial charge in [0.2, 0.25) is 0 Å². The lowest BCUT2D eigenvalue weighted by molar-refractivity contribution is -0.192. The van der Waals surface area contributed by atoms with Crippen LogP contribution in [0.4, 0.5) is 24.7 Å². The number of anilines is 2. The molecular weight excluding hydrogens is 569 g/mol. The second-order valence-electron chi connectivity index (χ2n) is 10.5. The fourth-order valence-corrected chi connectivity index (χ4v) is 5.06. The first-order chi connectivity index (χ1) is 20.3. The summed E-state index contributed by atoms with van der Waals surface area (Å²) in [5, 5.41) is 10.7. The summed E-state index contributed by atoms with van der Waals surface area (Å²) in [5.74, 6) is -2.42. The zero-order chi connectivity index (χ0) is 31.1. The van der Waals surface area contributed by atoms with Crippen LogP contribution in [0.2, 0.25) is 0 Å². The van der Waals surface area contributed by atoms with Gasteiger partial charge in [-0.2, -0.15) is 13.2 Å². The van der Waals surface area contributed by atoms with Crippen LogP contribution in [-0.4, -0.2) is 48.0 Å². The van der Waals surface area contributed by atoms with Gasteiger partial charge >= 0.3 is 12.1 Å². The van der Waals surface area contributed by atoms with Crippen molar-refractivity contribution in [2.45, 2.75) is 44.8 Å². The largest absolute Gasteiger partial charge is 0.490 e. The average Bonchev–Trinajstić information content (AvgIpc) is 3.71. The van der Waals surface area contributed by atoms with E-state index in [1.165, 1.54) is 12.4 Å². The molecule has 0 unspecified atom stereocenters. The molecule has 1 saturated carbocycles. The molecule has 6 rings (SSSR count). The maximum Gasteiger partial charge on any atom is 0.490 e. The van der Waals surface area contributed by atoms with E-state index in [1.54, 1.807) is 16.7 Å². The SMILES string of the molecule is Cn1cc(-c2ccc(NC(=O)c3cc4c(n(CC5CC5)c3=O)CCCC4=O)cc2)c2c(N)ncnc21.O=C(O)C(F)(F)F. The van der Waals surface area contributed by atoms with Gasteiger partial charge in [-0.15, -0.1) is 0 Å². The molecule has 224 valence electrons. The van der Waals surface area contributed by atoms with E-state index in [0.29, 0.717) is 42.4 Å². The zero-order valence-electron chi connectivity index (χ0n) is 22.9. The Morgan fingerprint density at radius 2 is 1.77 bits per heavy atom. The predicted octanol–water partition coefficient (Wildman–Crippen LogP) is 4.19. The molecule has 3 heterocycles. The molecule has 0 aliphatic heterocycles. The standard InChI is InChI=1S/C27H26N6O3.C2HF3O2/c1-32-13-20(23-24(28)29-14-30-25(23)32)16-7-9-17(10-8-16)31-26(35)19-11-18-21(3-2-4-22(18)34)33(27(19)36)12-15-5-6-15;3-2(4,5)1(6)7/h7-11,13-15H,2-6,12H2,1H3,(H,31,35)(H2,28,29,30);(H,6,7). The van der Waals surface area contributed by atoms with Crippen LogP contribution in [0.25, 0.3) is 22.2 Å². The number of aromatic nitrogens is 4. The highest BCUT2D eigenvalue weighted by Gasteiger charge is 2.38. The molecule has 1 fully saturated rings. The number of nitrogen functional groups attached to an aromatic ring is 1. The third-order valence-electron chi connectivity index (χ3n) is 7.38. The van der Waals surface area contributed by atoms with Crippen molar-refractivity contribution in [2.24, 2.45) is 13.0 Å². The lowest BCUT2D eigenvalue weighted by atomic mass is 9.93. The van der Waals surface area contributed by atoms with Gasteiger partial charge in [-0.1, -0.05) is 12.1 Å². The van der Waals surface area contributed by atoms with Crippen molar-refractivity contribution in [3.63, 3.8) is 0 Å². The summed E-state index contributed by atoms with van der Waals surface area (Å²) in [5.41, 5.74) is 10.2. The maximum absolute atomic E-state index is 13.3. The second-order valence-corrected chi connectivity index (χ2v) is 10.5. The number of carbonyl (C=O) groups excluding carboxylic acids is 2. The molecule has 2 aliphatic rings. The van der Waals surface area contributed by atoms with E-state index in [9.17, 15) is 27.6 Å². The summed E-state index contributed by atoms with van der Waals surface area (Å²) >= 11 is 0. The van der Waals surface area contributed by atoms with Gasteiger partial charge in [-0.25, -0.2) is 14.8 Å². The highest BCUT2D eigenvalue weighted by molar-refractivity contribution is 6.07. The number of amides is 1. The lowest BCUT2D eigenvalue weighted by Crippen LogP contribution is -2.35. The number of rotatable bonds is 5. The summed E-state index contributed by atoms with van der Waals surface area (Å²) in [4.78, 5) is 56.4. The molecule has 0 saturated heterocycles. The molecule has 0 radical (unpaired) electrons. The molecule has 11 nitrogen and oxygen atoms in total. The quantitative estimate of drug-likeness (QED) is 0.309. The van der Waals surface area contributed by atoms with Gasteiger partial charge in [-0.05, 0) is 55.4 Å². The van der Waals surface area contributed by atoms with Crippen LogP contribution >= 0.6 is 0 Å². The number of hydrogen-bond donors (Lipinski definition) is 3. The monoisotopic (exact) mass is 596 g/mol. The Hall–Kier alpha value is -5.01. The van der Waals surface area contributed by atoms with Gasteiger partial charge < -0.3 is 25.3 Å². The molecule has 4 aromatic rings. The van der Waals surface area contributed by atoms with E-state index in [1.807, 2.05) is 29.9 Å². The average molecular weight is 597 g/mol. The molecular formula is C29H27F3N6O5. The number of halogens is 3. The number of pyridine rings is 1. The van der Waals surface area contributed by atoms with Gasteiger partial charge in [0.15, 0.2) is 5.78 Å². The Balaban J connectivity index is 0.000000472. The smallest absolute Gasteiger partial charge is 0.475 e. The summed E-state index contributed by atoms with van der Waals surface area (Å²) < 4.78 is 35.3. The number of nitrogens with two attached hydrogens (primary N) is 1. The third kappa shape index (κ3) is 6.12. The zero-order valence-corrected chi connectivity index (χ0v) is 22.9. The molecule has 1 aromatic carbocycles. The molecule has 1 amide bonds. The minimum absolute atomic E-state index is 0.00228. The highest BCUT2D eigenvalue weighted by atomic mass is 19.4. The van der Waals surface area contributed by atoms with Crippen LogP contribution in [-0.2, 0) is 24.8 Å². The van der Waals surface area contributed by atoms with Crippen molar-refractivity contribution < 1.29 is 32.7 Å². The molecule has 3 aromatic heterocycles. The van der Waals surface area contributed by atoms with Crippen LogP contribution in [0.15, 0.2) is 47.7 Å². The third-order valence-corrected chi connectivity index (χ3v) is 7.38. The van der Waals surface area contributed by atoms with Crippen molar-refractivity contribution >= 4 is 40.2 Å². The van der Waals surface area contributed by atoms with Crippen molar-refractivity contribution in [1.29, 1.82) is 0 Å². The van der Waals surface area contributed by atoms with Crippen molar-refractivity contribution in [3.05, 3.63) is 70.0 Å². The van der Waals surface area contributed by atoms with Crippen molar-refractivity contribution in [3.8, 4) is 11.1 Å². The van der Waals surface area contributed by atoms with Crippen LogP contribution in [0.5, 0.6) is 0 Å². The molecule has 14 heteroatoms.